The number of anilines is 1. The number of carboxylic acid groups (broad SMARTS) is 1. The Morgan fingerprint density at radius 3 is 2.55 bits per heavy atom. The predicted molar refractivity (Wildman–Crippen MR) is 38.2 cm³/mol. The summed E-state index contributed by atoms with van der Waals surface area (Å²) in [6, 6.07) is 5.85. The standard InChI is InChI=1S/C7H6NO3/c9-6-4-2-1-3-5(6)8-7(10)11/h1-4,8H,(H,10,11). The van der Waals surface area contributed by atoms with E-state index in [2.05, 4.69) is 0 Å². The van der Waals surface area contributed by atoms with Gasteiger partial charge in [0.05, 0.1) is 5.69 Å². The summed E-state index contributed by atoms with van der Waals surface area (Å²) in [4.78, 5) is 10.1. The summed E-state index contributed by atoms with van der Waals surface area (Å²) in [5.74, 6) is -0.324. The zero-order valence-corrected chi connectivity index (χ0v) is 5.57. The topological polar surface area (TPSA) is 69.2 Å². The van der Waals surface area contributed by atoms with Crippen molar-refractivity contribution in [3.05, 3.63) is 24.3 Å². The summed E-state index contributed by atoms with van der Waals surface area (Å²) in [7, 11) is 0. The first-order chi connectivity index (χ1) is 5.20. The Hall–Kier alpha value is -1.71. The maximum atomic E-state index is 10.8. The Morgan fingerprint density at radius 2 is 2.00 bits per heavy atom. The van der Waals surface area contributed by atoms with Crippen LogP contribution in [0.4, 0.5) is 10.5 Å². The van der Waals surface area contributed by atoms with Crippen LogP contribution in [0.3, 0.4) is 0 Å². The van der Waals surface area contributed by atoms with Gasteiger partial charge in [0.2, 0.25) is 5.75 Å². The van der Waals surface area contributed by atoms with Crippen molar-refractivity contribution < 1.29 is 15.0 Å². The summed E-state index contributed by atoms with van der Waals surface area (Å²) >= 11 is 0. The van der Waals surface area contributed by atoms with E-state index < -0.39 is 6.09 Å². The Morgan fingerprint density at radius 1 is 1.36 bits per heavy atom. The average Bonchev–Trinajstić information content (AvgIpc) is 1.93. The summed E-state index contributed by atoms with van der Waals surface area (Å²) in [5.41, 5.74) is 0.0833. The highest BCUT2D eigenvalue weighted by atomic mass is 16.4. The summed E-state index contributed by atoms with van der Waals surface area (Å²) in [6.45, 7) is 0. The van der Waals surface area contributed by atoms with Gasteiger partial charge in [-0.2, -0.15) is 0 Å². The van der Waals surface area contributed by atoms with Crippen LogP contribution in [0.1, 0.15) is 0 Å². The van der Waals surface area contributed by atoms with Gasteiger partial charge in [-0.3, -0.25) is 10.4 Å². The smallest absolute Gasteiger partial charge is 0.409 e. The van der Waals surface area contributed by atoms with Crippen LogP contribution >= 0.6 is 0 Å². The molecule has 0 saturated heterocycles. The van der Waals surface area contributed by atoms with E-state index in [4.69, 9.17) is 5.11 Å². The third-order valence-electron chi connectivity index (χ3n) is 1.13. The number of amides is 1. The quantitative estimate of drug-likeness (QED) is 0.645. The monoisotopic (exact) mass is 152 g/mol. The molecule has 0 aromatic heterocycles. The van der Waals surface area contributed by atoms with Crippen LogP contribution in [0.5, 0.6) is 5.75 Å². The summed E-state index contributed by atoms with van der Waals surface area (Å²) in [6.07, 6.45) is -1.23. The van der Waals surface area contributed by atoms with Crippen LogP contribution in [0, 0.1) is 0 Å². The first kappa shape index (κ1) is 7.40. The molecule has 1 amide bonds. The highest BCUT2D eigenvalue weighted by Crippen LogP contribution is 2.21. The first-order valence-corrected chi connectivity index (χ1v) is 2.96. The van der Waals surface area contributed by atoms with E-state index in [1.165, 1.54) is 12.1 Å². The van der Waals surface area contributed by atoms with Gasteiger partial charge in [-0.05, 0) is 12.1 Å². The second kappa shape index (κ2) is 2.92. The van der Waals surface area contributed by atoms with Crippen molar-refractivity contribution in [2.75, 3.05) is 5.32 Å². The number of nitrogens with one attached hydrogen (secondary N) is 1. The van der Waals surface area contributed by atoms with Crippen molar-refractivity contribution in [1.29, 1.82) is 0 Å². The van der Waals surface area contributed by atoms with Gasteiger partial charge in [0.1, 0.15) is 0 Å². The molecule has 1 rings (SSSR count). The lowest BCUT2D eigenvalue weighted by molar-refractivity contribution is 0.209. The van der Waals surface area contributed by atoms with E-state index >= 15 is 0 Å². The minimum Gasteiger partial charge on any atom is -0.465 e. The van der Waals surface area contributed by atoms with E-state index in [1.807, 2.05) is 5.32 Å². The molecule has 0 aliphatic heterocycles. The molecule has 0 unspecified atom stereocenters. The minimum atomic E-state index is -1.23. The fraction of sp³-hybridized carbons (Fsp3) is 0. The lowest BCUT2D eigenvalue weighted by atomic mass is 10.3. The molecule has 0 bridgehead atoms. The Bertz CT molecular complexity index is 272. The zero-order chi connectivity index (χ0) is 8.27. The van der Waals surface area contributed by atoms with Crippen LogP contribution in [-0.2, 0) is 5.11 Å². The SMILES string of the molecule is [O]c1ccccc1NC(=O)O. The molecule has 4 nitrogen and oxygen atoms in total. The average molecular weight is 152 g/mol. The van der Waals surface area contributed by atoms with Crippen molar-refractivity contribution in [3.8, 4) is 5.75 Å². The van der Waals surface area contributed by atoms with Gasteiger partial charge < -0.3 is 5.11 Å². The van der Waals surface area contributed by atoms with Gasteiger partial charge in [0.25, 0.3) is 0 Å². The van der Waals surface area contributed by atoms with E-state index in [1.54, 1.807) is 12.1 Å². The molecule has 2 N–H and O–H groups in total. The summed E-state index contributed by atoms with van der Waals surface area (Å²) < 4.78 is 0. The van der Waals surface area contributed by atoms with Crippen LogP contribution in [0.2, 0.25) is 0 Å². The molecule has 0 aliphatic carbocycles. The second-order valence-electron chi connectivity index (χ2n) is 1.93. The first-order valence-electron chi connectivity index (χ1n) is 2.96. The van der Waals surface area contributed by atoms with E-state index in [0.717, 1.165) is 0 Å². The molecule has 57 valence electrons. The Kier molecular flexibility index (Phi) is 1.96. The zero-order valence-electron chi connectivity index (χ0n) is 5.57. The maximum absolute atomic E-state index is 10.8. The highest BCUT2D eigenvalue weighted by Gasteiger charge is 2.02. The molecule has 0 spiro atoms. The second-order valence-corrected chi connectivity index (χ2v) is 1.93. The molecule has 1 aromatic carbocycles. The molecule has 0 heterocycles. The lowest BCUT2D eigenvalue weighted by Gasteiger charge is -1.98. The third-order valence-corrected chi connectivity index (χ3v) is 1.13. The van der Waals surface area contributed by atoms with E-state index in [9.17, 15) is 9.90 Å². The number of carbonyl (C=O) groups is 1. The molecule has 0 atom stereocenters. The predicted octanol–water partition coefficient (Wildman–Crippen LogP) is 1.92. The Balaban J connectivity index is 2.86. The highest BCUT2D eigenvalue weighted by molar-refractivity contribution is 5.84. The molecule has 0 aliphatic rings. The van der Waals surface area contributed by atoms with Crippen molar-refractivity contribution in [3.63, 3.8) is 0 Å². The van der Waals surface area contributed by atoms with Crippen LogP contribution in [0.15, 0.2) is 24.3 Å². The molecule has 11 heavy (non-hydrogen) atoms. The molecule has 0 saturated carbocycles. The van der Waals surface area contributed by atoms with Crippen LogP contribution in [-0.4, -0.2) is 11.2 Å². The fourth-order valence-electron chi connectivity index (χ4n) is 0.685. The number of hydrogen-bond acceptors (Lipinski definition) is 1. The van der Waals surface area contributed by atoms with Crippen molar-refractivity contribution in [1.82, 2.24) is 0 Å². The number of rotatable bonds is 1. The largest absolute Gasteiger partial charge is 0.465 e. The van der Waals surface area contributed by atoms with Gasteiger partial charge in [-0.25, -0.2) is 4.79 Å². The summed E-state index contributed by atoms with van der Waals surface area (Å²) in [5, 5.41) is 21.0. The molecule has 0 fully saturated rings. The number of benzene rings is 1. The maximum Gasteiger partial charge on any atom is 0.409 e. The fourth-order valence-corrected chi connectivity index (χ4v) is 0.685. The lowest BCUT2D eigenvalue weighted by Crippen LogP contribution is -2.06. The van der Waals surface area contributed by atoms with E-state index in [-0.39, 0.29) is 11.4 Å². The van der Waals surface area contributed by atoms with Crippen LogP contribution in [0.25, 0.3) is 0 Å². The van der Waals surface area contributed by atoms with Crippen molar-refractivity contribution in [2.45, 2.75) is 0 Å². The minimum absolute atomic E-state index is 0.0833. The molecule has 4 heteroatoms. The van der Waals surface area contributed by atoms with Gasteiger partial charge in [0.15, 0.2) is 0 Å². The molecule has 1 aromatic rings. The van der Waals surface area contributed by atoms with Gasteiger partial charge in [0, 0.05) is 0 Å². The third kappa shape index (κ3) is 1.86. The van der Waals surface area contributed by atoms with Gasteiger partial charge in [-0.15, -0.1) is 0 Å². The van der Waals surface area contributed by atoms with Gasteiger partial charge >= 0.3 is 6.09 Å². The number of hydrogen-bond donors (Lipinski definition) is 2. The molecule has 1 radical (unpaired) electrons. The molecular weight excluding hydrogens is 146 g/mol. The number of para-hydroxylation sites is 2. The van der Waals surface area contributed by atoms with Gasteiger partial charge in [-0.1, -0.05) is 12.1 Å². The van der Waals surface area contributed by atoms with E-state index in [0.29, 0.717) is 0 Å². The van der Waals surface area contributed by atoms with Crippen molar-refractivity contribution in [2.24, 2.45) is 0 Å². The molecular formula is C7H6NO3. The Labute approximate surface area is 63.1 Å². The normalized spacial score (nSPS) is 9.09. The van der Waals surface area contributed by atoms with Crippen molar-refractivity contribution >= 4 is 11.8 Å². The van der Waals surface area contributed by atoms with Crippen LogP contribution < -0.4 is 5.32 Å².